The smallest absolute Gasteiger partial charge is 0.341 e. The number of nitrogens with one attached hydrogen (secondary N) is 1. The Labute approximate surface area is 278 Å². The number of thiophene rings is 1. The fourth-order valence-electron chi connectivity index (χ4n) is 4.59. The van der Waals surface area contributed by atoms with Crippen LogP contribution in [0.5, 0.6) is 0 Å². The molecule has 12 heteroatoms. The van der Waals surface area contributed by atoms with Crippen LogP contribution in [-0.4, -0.2) is 33.4 Å². The van der Waals surface area contributed by atoms with E-state index in [0.29, 0.717) is 22.1 Å². The zero-order chi connectivity index (χ0) is 33.5. The summed E-state index contributed by atoms with van der Waals surface area (Å²) in [6.07, 6.45) is 1.26. The first kappa shape index (κ1) is 32.7. The highest BCUT2D eigenvalue weighted by atomic mass is 32.2. The predicted molar refractivity (Wildman–Crippen MR) is 182 cm³/mol. The minimum absolute atomic E-state index is 0.162. The zero-order valence-corrected chi connectivity index (χ0v) is 27.1. The second kappa shape index (κ2) is 14.6. The minimum atomic E-state index is -0.764. The Morgan fingerprint density at radius 1 is 1.00 bits per heavy atom. The van der Waals surface area contributed by atoms with E-state index < -0.39 is 16.8 Å². The van der Waals surface area contributed by atoms with Crippen LogP contribution in [0, 0.1) is 35.3 Å². The second-order valence-corrected chi connectivity index (χ2v) is 12.3. The molecule has 0 radical (unpaired) electrons. The summed E-state index contributed by atoms with van der Waals surface area (Å²) in [6, 6.07) is 27.3. The summed E-state index contributed by atoms with van der Waals surface area (Å²) >= 11 is 2.23. The molecular formula is C35H27N5O5S2. The minimum Gasteiger partial charge on any atom is -0.462 e. The molecule has 2 heterocycles. The summed E-state index contributed by atoms with van der Waals surface area (Å²) in [6.45, 7) is 5.40. The Morgan fingerprint density at radius 3 is 2.17 bits per heavy atom. The number of hydrogen-bond acceptors (Lipinski definition) is 10. The number of nitrogens with zero attached hydrogens (tertiary/aromatic N) is 4. The maximum Gasteiger partial charge on any atom is 0.341 e. The molecule has 0 bridgehead atoms. The average Bonchev–Trinajstić information content (AvgIpc) is 3.36. The highest BCUT2D eigenvalue weighted by Gasteiger charge is 2.24. The highest BCUT2D eigenvalue weighted by Crippen LogP contribution is 2.37. The Hall–Kier alpha value is -5.64. The first-order valence-corrected chi connectivity index (χ1v) is 16.0. The number of hydrogen-bond donors (Lipinski definition) is 1. The van der Waals surface area contributed by atoms with Crippen LogP contribution < -0.4 is 5.32 Å². The lowest BCUT2D eigenvalue weighted by atomic mass is 10.1. The van der Waals surface area contributed by atoms with Gasteiger partial charge in [-0.25, -0.2) is 14.8 Å². The second-order valence-electron chi connectivity index (χ2n) is 10.1. The first-order valence-electron chi connectivity index (χ1n) is 14.3. The van der Waals surface area contributed by atoms with E-state index in [-0.39, 0.29) is 38.9 Å². The summed E-state index contributed by atoms with van der Waals surface area (Å²) in [5, 5.41) is 25.2. The molecule has 3 aromatic carbocycles. The molecular weight excluding hydrogens is 635 g/mol. The third-order valence-electron chi connectivity index (χ3n) is 6.99. The normalized spacial score (nSPS) is 11.1. The van der Waals surface area contributed by atoms with Crippen molar-refractivity contribution in [3.05, 3.63) is 122 Å². The lowest BCUT2D eigenvalue weighted by molar-refractivity contribution is -0.387. The number of nitro groups is 1. The summed E-state index contributed by atoms with van der Waals surface area (Å²) in [7, 11) is 0. The van der Waals surface area contributed by atoms with Gasteiger partial charge in [0.1, 0.15) is 16.6 Å². The van der Waals surface area contributed by atoms with Crippen LogP contribution in [0.4, 0.5) is 10.7 Å². The quantitative estimate of drug-likeness (QED) is 0.0390. The van der Waals surface area contributed by atoms with Gasteiger partial charge in [-0.2, -0.15) is 5.26 Å². The molecule has 0 aliphatic carbocycles. The third kappa shape index (κ3) is 7.61. The number of carbonyl (C=O) groups is 2. The summed E-state index contributed by atoms with van der Waals surface area (Å²) < 4.78 is 5.14. The molecule has 5 rings (SSSR count). The lowest BCUT2D eigenvalue weighted by Crippen LogP contribution is -2.16. The number of anilines is 1. The molecule has 0 fully saturated rings. The molecule has 2 aromatic heterocycles. The van der Waals surface area contributed by atoms with Crippen molar-refractivity contribution >= 4 is 51.7 Å². The number of aryl methyl sites for hydroxylation is 1. The van der Waals surface area contributed by atoms with E-state index in [1.165, 1.54) is 29.5 Å². The van der Waals surface area contributed by atoms with Gasteiger partial charge in [-0.1, -0.05) is 66.7 Å². The number of nitro benzene ring substituents is 1. The van der Waals surface area contributed by atoms with Gasteiger partial charge in [-0.3, -0.25) is 14.9 Å². The molecule has 0 saturated carbocycles. The molecule has 10 nitrogen and oxygen atoms in total. The molecule has 0 spiro atoms. The topological polar surface area (TPSA) is 148 Å². The van der Waals surface area contributed by atoms with Crippen molar-refractivity contribution in [3.63, 3.8) is 0 Å². The molecule has 0 aliphatic rings. The maximum atomic E-state index is 13.1. The molecule has 0 unspecified atom stereocenters. The van der Waals surface area contributed by atoms with Gasteiger partial charge in [0.2, 0.25) is 0 Å². The molecule has 234 valence electrons. The van der Waals surface area contributed by atoms with Crippen molar-refractivity contribution in [2.75, 3.05) is 11.9 Å². The molecule has 1 amide bonds. The van der Waals surface area contributed by atoms with Gasteiger partial charge in [-0.15, -0.1) is 11.3 Å². The summed E-state index contributed by atoms with van der Waals surface area (Å²) in [5.74, 6) is -1.34. The van der Waals surface area contributed by atoms with Crippen LogP contribution in [0.3, 0.4) is 0 Å². The Bertz CT molecular complexity index is 2000. The monoisotopic (exact) mass is 661 g/mol. The average molecular weight is 662 g/mol. The predicted octanol–water partition coefficient (Wildman–Crippen LogP) is 8.27. The van der Waals surface area contributed by atoms with Crippen LogP contribution in [0.15, 0.2) is 101 Å². The standard InChI is InChI=1S/C35H27N5O5S2/c1-4-45-34(42)31-21(2)22(3)46-33(31)39-32(41)26(20-36)17-23-15-16-30(29(18-23)40(43)44)47-35-37-27(24-11-7-5-8-12-24)19-28(38-35)25-13-9-6-10-14-25/h5-19H,4H2,1-3H3,(H,39,41)/b26-17-. The van der Waals surface area contributed by atoms with Gasteiger partial charge in [0.25, 0.3) is 11.6 Å². The van der Waals surface area contributed by atoms with Crippen LogP contribution in [0.2, 0.25) is 0 Å². The van der Waals surface area contributed by atoms with Crippen LogP contribution >= 0.6 is 23.1 Å². The van der Waals surface area contributed by atoms with E-state index in [1.54, 1.807) is 19.9 Å². The van der Waals surface area contributed by atoms with Crippen molar-refractivity contribution in [1.82, 2.24) is 9.97 Å². The number of amides is 1. The van der Waals surface area contributed by atoms with E-state index in [1.807, 2.05) is 79.7 Å². The van der Waals surface area contributed by atoms with Crippen molar-refractivity contribution in [3.8, 4) is 28.6 Å². The van der Waals surface area contributed by atoms with E-state index >= 15 is 0 Å². The Balaban J connectivity index is 1.46. The van der Waals surface area contributed by atoms with E-state index in [4.69, 9.17) is 14.7 Å². The fourth-order valence-corrected chi connectivity index (χ4v) is 6.49. The van der Waals surface area contributed by atoms with Crippen molar-refractivity contribution in [1.29, 1.82) is 5.26 Å². The van der Waals surface area contributed by atoms with Gasteiger partial charge >= 0.3 is 5.97 Å². The third-order valence-corrected chi connectivity index (χ3v) is 9.05. The fraction of sp³-hybridized carbons (Fsp3) is 0.114. The number of nitriles is 1. The summed E-state index contributed by atoms with van der Waals surface area (Å²) in [5.41, 5.74) is 3.68. The molecule has 0 aliphatic heterocycles. The zero-order valence-electron chi connectivity index (χ0n) is 25.5. The van der Waals surface area contributed by atoms with Gasteiger partial charge in [0.15, 0.2) is 5.16 Å². The van der Waals surface area contributed by atoms with E-state index in [2.05, 4.69) is 5.32 Å². The Kier molecular flexibility index (Phi) is 10.2. The number of ether oxygens (including phenoxy) is 1. The largest absolute Gasteiger partial charge is 0.462 e. The summed E-state index contributed by atoms with van der Waals surface area (Å²) in [4.78, 5) is 47.8. The van der Waals surface area contributed by atoms with Crippen molar-refractivity contribution in [2.45, 2.75) is 30.8 Å². The number of benzene rings is 3. The van der Waals surface area contributed by atoms with Crippen molar-refractivity contribution in [2.24, 2.45) is 0 Å². The van der Waals surface area contributed by atoms with Gasteiger partial charge < -0.3 is 10.1 Å². The van der Waals surface area contributed by atoms with E-state index in [9.17, 15) is 25.0 Å². The first-order chi connectivity index (χ1) is 22.7. The van der Waals surface area contributed by atoms with Crippen LogP contribution in [0.25, 0.3) is 28.6 Å². The molecule has 47 heavy (non-hydrogen) atoms. The molecule has 0 saturated heterocycles. The number of rotatable bonds is 10. The highest BCUT2D eigenvalue weighted by molar-refractivity contribution is 7.99. The molecule has 0 atom stereocenters. The molecule has 5 aromatic rings. The maximum absolute atomic E-state index is 13.1. The lowest BCUT2D eigenvalue weighted by Gasteiger charge is -2.09. The van der Waals surface area contributed by atoms with Crippen LogP contribution in [-0.2, 0) is 9.53 Å². The van der Waals surface area contributed by atoms with E-state index in [0.717, 1.165) is 27.8 Å². The number of esters is 1. The Morgan fingerprint density at radius 2 is 1.62 bits per heavy atom. The van der Waals surface area contributed by atoms with Gasteiger partial charge in [0.05, 0.1) is 33.4 Å². The van der Waals surface area contributed by atoms with Gasteiger partial charge in [-0.05, 0) is 61.9 Å². The number of aromatic nitrogens is 2. The van der Waals surface area contributed by atoms with Crippen molar-refractivity contribution < 1.29 is 19.2 Å². The SMILES string of the molecule is CCOC(=O)c1c(NC(=O)/C(C#N)=C\c2ccc(Sc3nc(-c4ccccc4)cc(-c4ccccc4)n3)c([N+](=O)[O-])c2)sc(C)c1C. The molecule has 1 N–H and O–H groups in total. The van der Waals surface area contributed by atoms with Crippen LogP contribution in [0.1, 0.15) is 33.3 Å². The van der Waals surface area contributed by atoms with Gasteiger partial charge in [0, 0.05) is 22.1 Å². The number of carbonyl (C=O) groups excluding carboxylic acids is 2.